The van der Waals surface area contributed by atoms with Crippen LogP contribution in [0.2, 0.25) is 0 Å². The van der Waals surface area contributed by atoms with Crippen molar-refractivity contribution in [3.63, 3.8) is 0 Å². The van der Waals surface area contributed by atoms with E-state index < -0.39 is 34.0 Å². The molecule has 0 aliphatic heterocycles. The van der Waals surface area contributed by atoms with Gasteiger partial charge in [0.05, 0.1) is 17.7 Å². The van der Waals surface area contributed by atoms with E-state index >= 15 is 0 Å². The zero-order chi connectivity index (χ0) is 22.2. The average Bonchev–Trinajstić information content (AvgIpc) is 3.02. The van der Waals surface area contributed by atoms with Crippen molar-refractivity contribution in [2.24, 2.45) is 5.92 Å². The second-order valence-corrected chi connectivity index (χ2v) is 9.45. The minimum Gasteiger partial charge on any atom is -0.480 e. The maximum absolute atomic E-state index is 12.8. The number of hydrogen-bond acceptors (Lipinski definition) is 6. The van der Waals surface area contributed by atoms with E-state index in [1.807, 2.05) is 0 Å². The highest BCUT2D eigenvalue weighted by Crippen LogP contribution is 2.36. The third-order valence-electron chi connectivity index (χ3n) is 4.48. The Kier molecular flexibility index (Phi) is 6.06. The molecule has 9 nitrogen and oxygen atoms in total. The number of sulfonamides is 1. The Labute approximate surface area is 180 Å². The second-order valence-electron chi connectivity index (χ2n) is 6.89. The van der Waals surface area contributed by atoms with Crippen LogP contribution in [-0.2, 0) is 19.6 Å². The van der Waals surface area contributed by atoms with Gasteiger partial charge in [-0.3, -0.25) is 10.1 Å². The van der Waals surface area contributed by atoms with E-state index in [1.165, 1.54) is 25.3 Å². The lowest BCUT2D eigenvalue weighted by Crippen LogP contribution is -2.44. The van der Waals surface area contributed by atoms with Gasteiger partial charge in [-0.1, -0.05) is 13.8 Å². The summed E-state index contributed by atoms with van der Waals surface area (Å²) in [7, 11) is -2.84. The van der Waals surface area contributed by atoms with Gasteiger partial charge >= 0.3 is 12.1 Å². The van der Waals surface area contributed by atoms with Gasteiger partial charge in [-0.05, 0) is 46.1 Å². The van der Waals surface area contributed by atoms with Crippen LogP contribution < -0.4 is 10.0 Å². The van der Waals surface area contributed by atoms with Gasteiger partial charge in [-0.25, -0.2) is 13.2 Å². The molecule has 3 N–H and O–H groups in total. The number of rotatable bonds is 6. The topological polar surface area (TPSA) is 135 Å². The Bertz CT molecular complexity index is 1250. The van der Waals surface area contributed by atoms with Crippen LogP contribution in [0, 0.1) is 5.92 Å². The summed E-state index contributed by atoms with van der Waals surface area (Å²) in [5, 5.41) is 13.0. The Morgan fingerprint density at radius 3 is 2.40 bits per heavy atom. The van der Waals surface area contributed by atoms with Crippen LogP contribution in [0.4, 0.5) is 10.5 Å². The molecule has 0 spiro atoms. The Morgan fingerprint density at radius 2 is 1.80 bits per heavy atom. The Morgan fingerprint density at radius 1 is 1.13 bits per heavy atom. The van der Waals surface area contributed by atoms with Gasteiger partial charge in [-0.15, -0.1) is 0 Å². The number of carboxylic acid groups (broad SMARTS) is 1. The number of fused-ring (bicyclic) bond motifs is 3. The first-order valence-corrected chi connectivity index (χ1v) is 11.1. The molecule has 1 amide bonds. The summed E-state index contributed by atoms with van der Waals surface area (Å²) in [5.74, 6) is -1.69. The molecule has 1 heterocycles. The normalized spacial score (nSPS) is 13.0. The number of halogens is 1. The number of methoxy groups -OCH3 is 1. The number of nitrogens with one attached hydrogen (secondary N) is 2. The zero-order valence-electron chi connectivity index (χ0n) is 16.2. The van der Waals surface area contributed by atoms with Crippen LogP contribution in [0.1, 0.15) is 13.8 Å². The molecule has 3 aromatic rings. The van der Waals surface area contributed by atoms with Gasteiger partial charge in [0.2, 0.25) is 10.0 Å². The van der Waals surface area contributed by atoms with E-state index in [9.17, 15) is 23.1 Å². The van der Waals surface area contributed by atoms with Crippen molar-refractivity contribution in [1.82, 2.24) is 4.72 Å². The molecular weight excluding hydrogens is 480 g/mol. The van der Waals surface area contributed by atoms with Crippen LogP contribution >= 0.6 is 15.9 Å². The Balaban J connectivity index is 2.07. The number of carbonyl (C=O) groups is 2. The molecule has 0 radical (unpaired) electrons. The van der Waals surface area contributed by atoms with E-state index in [0.29, 0.717) is 32.1 Å². The third-order valence-corrected chi connectivity index (χ3v) is 6.57. The summed E-state index contributed by atoms with van der Waals surface area (Å²) >= 11 is 3.36. The highest BCUT2D eigenvalue weighted by molar-refractivity contribution is 9.10. The molecule has 1 atom stereocenters. The number of anilines is 1. The molecule has 2 aromatic carbocycles. The fourth-order valence-electron chi connectivity index (χ4n) is 2.91. The lowest BCUT2D eigenvalue weighted by Gasteiger charge is -2.17. The summed E-state index contributed by atoms with van der Waals surface area (Å²) < 4.78 is 38.6. The molecule has 0 unspecified atom stereocenters. The number of amides is 1. The molecule has 0 saturated heterocycles. The molecule has 11 heteroatoms. The summed E-state index contributed by atoms with van der Waals surface area (Å²) in [6, 6.07) is 6.27. The number of aliphatic carboxylic acids is 1. The number of carbonyl (C=O) groups excluding carboxylic acids is 1. The van der Waals surface area contributed by atoms with E-state index in [1.54, 1.807) is 26.0 Å². The SMILES string of the molecule is COC(=O)Nc1cc2oc3ccc(S(=O)(=O)N[C@@H](C(=O)O)C(C)C)cc3c2cc1Br. The first kappa shape index (κ1) is 22.1. The van der Waals surface area contributed by atoms with Gasteiger partial charge < -0.3 is 14.3 Å². The maximum atomic E-state index is 12.8. The molecule has 0 saturated carbocycles. The summed E-state index contributed by atoms with van der Waals surface area (Å²) in [6.07, 6.45) is -0.649. The molecule has 160 valence electrons. The van der Waals surface area contributed by atoms with Crippen LogP contribution in [-0.4, -0.2) is 38.7 Å². The van der Waals surface area contributed by atoms with Crippen LogP contribution in [0.3, 0.4) is 0 Å². The van der Waals surface area contributed by atoms with E-state index in [-0.39, 0.29) is 4.90 Å². The lowest BCUT2D eigenvalue weighted by atomic mass is 10.1. The first-order chi connectivity index (χ1) is 14.0. The van der Waals surface area contributed by atoms with E-state index in [4.69, 9.17) is 4.42 Å². The zero-order valence-corrected chi connectivity index (χ0v) is 18.6. The standard InChI is InChI=1S/C19H19BrN2O7S/c1-9(2)17(18(23)24)22-30(26,27)10-4-5-15-11(6-10)12-7-13(20)14(8-16(12)29-15)21-19(25)28-3/h4-9,17,22H,1-3H3,(H,21,25)(H,23,24)/t17-/m1/s1. The van der Waals surface area contributed by atoms with Gasteiger partial charge in [0.25, 0.3) is 0 Å². The molecule has 0 fully saturated rings. The summed E-state index contributed by atoms with van der Waals surface area (Å²) in [4.78, 5) is 22.8. The van der Waals surface area contributed by atoms with Crippen molar-refractivity contribution in [3.8, 4) is 0 Å². The van der Waals surface area contributed by atoms with Gasteiger partial charge in [-0.2, -0.15) is 4.72 Å². The van der Waals surface area contributed by atoms with Gasteiger partial charge in [0.15, 0.2) is 0 Å². The number of carboxylic acids is 1. The summed E-state index contributed by atoms with van der Waals surface area (Å²) in [6.45, 7) is 3.23. The second kappa shape index (κ2) is 8.25. The highest BCUT2D eigenvalue weighted by Gasteiger charge is 2.28. The highest BCUT2D eigenvalue weighted by atomic mass is 79.9. The lowest BCUT2D eigenvalue weighted by molar-refractivity contribution is -0.140. The quantitative estimate of drug-likeness (QED) is 0.468. The number of furan rings is 1. The molecule has 30 heavy (non-hydrogen) atoms. The van der Waals surface area contributed by atoms with E-state index in [2.05, 4.69) is 30.7 Å². The fourth-order valence-corrected chi connectivity index (χ4v) is 4.71. The van der Waals surface area contributed by atoms with Crippen molar-refractivity contribution in [2.45, 2.75) is 24.8 Å². The number of benzene rings is 2. The van der Waals surface area contributed by atoms with Crippen molar-refractivity contribution in [1.29, 1.82) is 0 Å². The van der Waals surface area contributed by atoms with Crippen LogP contribution in [0.5, 0.6) is 0 Å². The van der Waals surface area contributed by atoms with Gasteiger partial charge in [0.1, 0.15) is 17.2 Å². The van der Waals surface area contributed by atoms with Gasteiger partial charge in [0, 0.05) is 21.3 Å². The number of ether oxygens (including phenoxy) is 1. The maximum Gasteiger partial charge on any atom is 0.411 e. The largest absolute Gasteiger partial charge is 0.480 e. The predicted octanol–water partition coefficient (Wildman–Crippen LogP) is 3.91. The van der Waals surface area contributed by atoms with Crippen LogP contribution in [0.25, 0.3) is 21.9 Å². The predicted molar refractivity (Wildman–Crippen MR) is 114 cm³/mol. The van der Waals surface area contributed by atoms with Crippen molar-refractivity contribution in [2.75, 3.05) is 12.4 Å². The summed E-state index contributed by atoms with van der Waals surface area (Å²) in [5.41, 5.74) is 1.28. The minimum atomic E-state index is -4.08. The monoisotopic (exact) mass is 498 g/mol. The minimum absolute atomic E-state index is 0.0857. The third kappa shape index (κ3) is 4.27. The average molecular weight is 499 g/mol. The molecule has 0 aliphatic rings. The fraction of sp³-hybridized carbons (Fsp3) is 0.263. The molecular formula is C19H19BrN2O7S. The molecule has 0 aliphatic carbocycles. The molecule has 0 bridgehead atoms. The van der Waals surface area contributed by atoms with Crippen molar-refractivity contribution in [3.05, 3.63) is 34.8 Å². The molecule has 3 rings (SSSR count). The smallest absolute Gasteiger partial charge is 0.411 e. The Hall–Kier alpha value is -2.63. The first-order valence-electron chi connectivity index (χ1n) is 8.79. The number of hydrogen-bond donors (Lipinski definition) is 3. The van der Waals surface area contributed by atoms with Crippen molar-refractivity contribution < 1.29 is 32.3 Å². The van der Waals surface area contributed by atoms with E-state index in [0.717, 1.165) is 0 Å². The molecule has 1 aromatic heterocycles. The van der Waals surface area contributed by atoms with Crippen LogP contribution in [0.15, 0.2) is 44.1 Å². The van der Waals surface area contributed by atoms with Crippen molar-refractivity contribution >= 4 is 65.6 Å².